The van der Waals surface area contributed by atoms with Crippen molar-refractivity contribution in [3.8, 4) is 11.3 Å². The molecular formula is C12H10N2OS. The summed E-state index contributed by atoms with van der Waals surface area (Å²) in [4.78, 5) is 8.64. The number of nitrogens with zero attached hydrogens (tertiary/aromatic N) is 2. The molecule has 16 heavy (non-hydrogen) atoms. The lowest BCUT2D eigenvalue weighted by Gasteiger charge is -1.95. The number of hydrogen-bond acceptors (Lipinski definition) is 4. The molecule has 0 fully saturated rings. The van der Waals surface area contributed by atoms with Gasteiger partial charge in [0.15, 0.2) is 12.0 Å². The minimum Gasteiger partial charge on any atom is -0.443 e. The third-order valence-electron chi connectivity index (χ3n) is 2.48. The second-order valence-corrected chi connectivity index (χ2v) is 4.46. The third kappa shape index (κ3) is 1.51. The maximum absolute atomic E-state index is 5.28. The van der Waals surface area contributed by atoms with Crippen LogP contribution in [0.4, 0.5) is 0 Å². The Morgan fingerprint density at radius 1 is 1.38 bits per heavy atom. The molecule has 0 unspecified atom stereocenters. The molecule has 0 aliphatic carbocycles. The maximum atomic E-state index is 5.28. The van der Waals surface area contributed by atoms with E-state index < -0.39 is 0 Å². The van der Waals surface area contributed by atoms with E-state index >= 15 is 0 Å². The Labute approximate surface area is 96.8 Å². The van der Waals surface area contributed by atoms with E-state index in [4.69, 9.17) is 4.42 Å². The first-order chi connectivity index (χ1) is 7.86. The normalized spacial score (nSPS) is 11.1. The van der Waals surface area contributed by atoms with Crippen molar-refractivity contribution in [2.24, 2.45) is 0 Å². The molecule has 0 spiro atoms. The highest BCUT2D eigenvalue weighted by Crippen LogP contribution is 2.25. The van der Waals surface area contributed by atoms with Crippen LogP contribution in [0.3, 0.4) is 0 Å². The Morgan fingerprint density at radius 2 is 2.31 bits per heavy atom. The van der Waals surface area contributed by atoms with Crippen LogP contribution in [-0.4, -0.2) is 9.97 Å². The van der Waals surface area contributed by atoms with Gasteiger partial charge in [0.2, 0.25) is 0 Å². The van der Waals surface area contributed by atoms with Crippen molar-refractivity contribution in [1.82, 2.24) is 9.97 Å². The van der Waals surface area contributed by atoms with Crippen LogP contribution in [0, 0.1) is 0 Å². The monoisotopic (exact) mass is 230 g/mol. The van der Waals surface area contributed by atoms with Gasteiger partial charge in [-0.05, 0) is 18.6 Å². The first-order valence-electron chi connectivity index (χ1n) is 5.15. The summed E-state index contributed by atoms with van der Waals surface area (Å²) in [6, 6.07) is 5.97. The highest BCUT2D eigenvalue weighted by atomic mass is 32.1. The lowest BCUT2D eigenvalue weighted by atomic mass is 10.1. The van der Waals surface area contributed by atoms with Gasteiger partial charge in [-0.3, -0.25) is 0 Å². The molecule has 2 aromatic heterocycles. The summed E-state index contributed by atoms with van der Waals surface area (Å²) in [6.45, 7) is 2.11. The number of fused-ring (bicyclic) bond motifs is 1. The first kappa shape index (κ1) is 9.54. The molecule has 2 heterocycles. The minimum atomic E-state index is 0.809. The summed E-state index contributed by atoms with van der Waals surface area (Å²) < 4.78 is 5.28. The van der Waals surface area contributed by atoms with Crippen molar-refractivity contribution in [1.29, 1.82) is 0 Å². The largest absolute Gasteiger partial charge is 0.443 e. The zero-order valence-corrected chi connectivity index (χ0v) is 9.62. The van der Waals surface area contributed by atoms with Crippen LogP contribution in [0.15, 0.2) is 34.4 Å². The SMILES string of the molecule is CCc1nc(-c2ccc3ncoc3c2)cs1. The predicted molar refractivity (Wildman–Crippen MR) is 64.5 cm³/mol. The van der Waals surface area contributed by atoms with Gasteiger partial charge in [0.1, 0.15) is 5.52 Å². The molecule has 0 saturated carbocycles. The van der Waals surface area contributed by atoms with Gasteiger partial charge >= 0.3 is 0 Å². The Kier molecular flexibility index (Phi) is 2.22. The molecule has 0 amide bonds. The van der Waals surface area contributed by atoms with Gasteiger partial charge in [0.05, 0.1) is 10.7 Å². The lowest BCUT2D eigenvalue weighted by molar-refractivity contribution is 0.602. The van der Waals surface area contributed by atoms with Crippen LogP contribution in [0.2, 0.25) is 0 Å². The fraction of sp³-hybridized carbons (Fsp3) is 0.167. The average molecular weight is 230 g/mol. The third-order valence-corrected chi connectivity index (χ3v) is 3.47. The number of aromatic nitrogens is 2. The second-order valence-electron chi connectivity index (χ2n) is 3.51. The molecule has 0 bridgehead atoms. The highest BCUT2D eigenvalue weighted by Gasteiger charge is 2.05. The average Bonchev–Trinajstić information content (AvgIpc) is 2.96. The Bertz CT molecular complexity index is 627. The smallest absolute Gasteiger partial charge is 0.181 e. The molecule has 80 valence electrons. The van der Waals surface area contributed by atoms with Crippen LogP contribution >= 0.6 is 11.3 Å². The van der Waals surface area contributed by atoms with Gasteiger partial charge in [-0.1, -0.05) is 13.0 Å². The number of hydrogen-bond donors (Lipinski definition) is 0. The van der Waals surface area contributed by atoms with E-state index in [-0.39, 0.29) is 0 Å². The standard InChI is InChI=1S/C12H10N2OS/c1-2-12-14-10(6-16-12)8-3-4-9-11(5-8)15-7-13-9/h3-7H,2H2,1H3. The van der Waals surface area contributed by atoms with Crippen LogP contribution < -0.4 is 0 Å². The summed E-state index contributed by atoms with van der Waals surface area (Å²) in [5, 5.41) is 3.24. The molecule has 0 radical (unpaired) electrons. The van der Waals surface area contributed by atoms with Crippen LogP contribution in [0.25, 0.3) is 22.4 Å². The van der Waals surface area contributed by atoms with Crippen molar-refractivity contribution in [2.45, 2.75) is 13.3 Å². The zero-order chi connectivity index (χ0) is 11.0. The van der Waals surface area contributed by atoms with Crippen molar-refractivity contribution in [3.05, 3.63) is 35.0 Å². The topological polar surface area (TPSA) is 38.9 Å². The van der Waals surface area contributed by atoms with E-state index in [1.54, 1.807) is 11.3 Å². The molecule has 0 aliphatic heterocycles. The molecule has 0 atom stereocenters. The van der Waals surface area contributed by atoms with Gasteiger partial charge in [-0.25, -0.2) is 9.97 Å². The summed E-state index contributed by atoms with van der Waals surface area (Å²) in [5.74, 6) is 0. The molecular weight excluding hydrogens is 220 g/mol. The summed E-state index contributed by atoms with van der Waals surface area (Å²) in [6.07, 6.45) is 2.45. The van der Waals surface area contributed by atoms with Crippen molar-refractivity contribution in [2.75, 3.05) is 0 Å². The highest BCUT2D eigenvalue weighted by molar-refractivity contribution is 7.09. The quantitative estimate of drug-likeness (QED) is 0.676. The van der Waals surface area contributed by atoms with Crippen molar-refractivity contribution in [3.63, 3.8) is 0 Å². The van der Waals surface area contributed by atoms with Gasteiger partial charge in [-0.15, -0.1) is 11.3 Å². The molecule has 0 aliphatic rings. The molecule has 0 saturated heterocycles. The Balaban J connectivity index is 2.10. The Morgan fingerprint density at radius 3 is 3.12 bits per heavy atom. The summed E-state index contributed by atoms with van der Waals surface area (Å²) in [7, 11) is 0. The number of benzene rings is 1. The summed E-state index contributed by atoms with van der Waals surface area (Å²) >= 11 is 1.69. The van der Waals surface area contributed by atoms with Crippen molar-refractivity contribution >= 4 is 22.4 Å². The number of oxazole rings is 1. The van der Waals surface area contributed by atoms with Gasteiger partial charge in [0, 0.05) is 10.9 Å². The van der Waals surface area contributed by atoms with E-state index in [9.17, 15) is 0 Å². The van der Waals surface area contributed by atoms with E-state index in [0.29, 0.717) is 0 Å². The van der Waals surface area contributed by atoms with Gasteiger partial charge in [-0.2, -0.15) is 0 Å². The minimum absolute atomic E-state index is 0.809. The number of thiazole rings is 1. The first-order valence-corrected chi connectivity index (χ1v) is 6.03. The fourth-order valence-corrected chi connectivity index (χ4v) is 2.37. The van der Waals surface area contributed by atoms with Crippen molar-refractivity contribution < 1.29 is 4.42 Å². The van der Waals surface area contributed by atoms with E-state index in [0.717, 1.165) is 33.8 Å². The number of rotatable bonds is 2. The number of aryl methyl sites for hydroxylation is 1. The van der Waals surface area contributed by atoms with Gasteiger partial charge < -0.3 is 4.42 Å². The molecule has 3 aromatic rings. The molecule has 3 rings (SSSR count). The second kappa shape index (κ2) is 3.72. The van der Waals surface area contributed by atoms with Gasteiger partial charge in [0.25, 0.3) is 0 Å². The van der Waals surface area contributed by atoms with Crippen LogP contribution in [0.1, 0.15) is 11.9 Å². The fourth-order valence-electron chi connectivity index (χ4n) is 1.62. The predicted octanol–water partition coefficient (Wildman–Crippen LogP) is 3.51. The van der Waals surface area contributed by atoms with Crippen LogP contribution in [-0.2, 0) is 6.42 Å². The zero-order valence-electron chi connectivity index (χ0n) is 8.80. The molecule has 3 nitrogen and oxygen atoms in total. The summed E-state index contributed by atoms with van der Waals surface area (Å²) in [5.41, 5.74) is 3.79. The Hall–Kier alpha value is -1.68. The van der Waals surface area contributed by atoms with E-state index in [1.165, 1.54) is 6.39 Å². The maximum Gasteiger partial charge on any atom is 0.181 e. The lowest BCUT2D eigenvalue weighted by Crippen LogP contribution is -1.80. The molecule has 1 aromatic carbocycles. The molecule has 0 N–H and O–H groups in total. The van der Waals surface area contributed by atoms with E-state index in [2.05, 4.69) is 22.3 Å². The molecule has 4 heteroatoms. The van der Waals surface area contributed by atoms with Crippen LogP contribution in [0.5, 0.6) is 0 Å². The van der Waals surface area contributed by atoms with E-state index in [1.807, 2.05) is 18.2 Å².